The van der Waals surface area contributed by atoms with Crippen LogP contribution in [-0.4, -0.2) is 79.6 Å². The van der Waals surface area contributed by atoms with Crippen molar-refractivity contribution in [2.75, 3.05) is 54.0 Å². The summed E-state index contributed by atoms with van der Waals surface area (Å²) in [5.41, 5.74) is 3.38. The van der Waals surface area contributed by atoms with Gasteiger partial charge in [-0.1, -0.05) is 0 Å². The Kier molecular flexibility index (Phi) is 7.36. The first-order chi connectivity index (χ1) is 18.9. The number of ether oxygens (including phenoxy) is 2. The van der Waals surface area contributed by atoms with Gasteiger partial charge in [-0.3, -0.25) is 9.71 Å². The molecule has 12 nitrogen and oxygen atoms in total. The summed E-state index contributed by atoms with van der Waals surface area (Å²) in [6.07, 6.45) is 9.08. The van der Waals surface area contributed by atoms with Crippen LogP contribution in [0, 0.1) is 0 Å². The van der Waals surface area contributed by atoms with Crippen molar-refractivity contribution in [1.82, 2.24) is 25.3 Å². The second-order valence-electron chi connectivity index (χ2n) is 10.4. The Balaban J connectivity index is 1.18. The summed E-state index contributed by atoms with van der Waals surface area (Å²) in [5.74, 6) is 1.94. The molecule has 6 rings (SSSR count). The quantitative estimate of drug-likeness (QED) is 0.395. The maximum Gasteiger partial charge on any atom is 0.229 e. The van der Waals surface area contributed by atoms with Gasteiger partial charge in [0.15, 0.2) is 0 Å². The van der Waals surface area contributed by atoms with Gasteiger partial charge in [0.25, 0.3) is 0 Å². The predicted octanol–water partition coefficient (Wildman–Crippen LogP) is 2.08. The van der Waals surface area contributed by atoms with Crippen LogP contribution in [0.15, 0.2) is 24.5 Å². The average Bonchev–Trinajstić information content (AvgIpc) is 2.94. The molecule has 13 heteroatoms. The second-order valence-corrected chi connectivity index (χ2v) is 12.1. The van der Waals surface area contributed by atoms with E-state index in [9.17, 15) is 8.42 Å². The van der Waals surface area contributed by atoms with Crippen molar-refractivity contribution in [3.05, 3.63) is 35.8 Å². The minimum atomic E-state index is -3.44. The topological polar surface area (TPSA) is 143 Å². The van der Waals surface area contributed by atoms with E-state index >= 15 is 0 Å². The number of nitrogens with one attached hydrogen (secondary N) is 3. The van der Waals surface area contributed by atoms with Crippen LogP contribution in [0.3, 0.4) is 0 Å². The van der Waals surface area contributed by atoms with Crippen molar-refractivity contribution >= 4 is 38.4 Å². The molecule has 3 aromatic heterocycles. The molecule has 0 spiro atoms. The molecule has 2 fully saturated rings. The highest BCUT2D eigenvalue weighted by Gasteiger charge is 2.26. The number of fused-ring (bicyclic) bond motifs is 2. The molecule has 1 saturated heterocycles. The van der Waals surface area contributed by atoms with Crippen molar-refractivity contribution in [1.29, 1.82) is 0 Å². The molecule has 0 radical (unpaired) electrons. The van der Waals surface area contributed by atoms with E-state index in [1.807, 2.05) is 12.3 Å². The fraction of sp³-hybridized carbons (Fsp3) is 0.538. The number of pyridine rings is 2. The van der Waals surface area contributed by atoms with Crippen LogP contribution in [0.25, 0.3) is 10.9 Å². The molecule has 1 saturated carbocycles. The van der Waals surface area contributed by atoms with Gasteiger partial charge < -0.3 is 25.0 Å². The van der Waals surface area contributed by atoms with Crippen molar-refractivity contribution in [3.8, 4) is 5.88 Å². The zero-order chi connectivity index (χ0) is 26.8. The first-order valence-corrected chi connectivity index (χ1v) is 15.4. The number of morpholine rings is 1. The van der Waals surface area contributed by atoms with Crippen LogP contribution in [0.2, 0.25) is 0 Å². The summed E-state index contributed by atoms with van der Waals surface area (Å²) in [4.78, 5) is 20.8. The van der Waals surface area contributed by atoms with E-state index in [1.165, 1.54) is 11.8 Å². The predicted molar refractivity (Wildman–Crippen MR) is 149 cm³/mol. The lowest BCUT2D eigenvalue weighted by Gasteiger charge is -2.31. The lowest BCUT2D eigenvalue weighted by atomic mass is 9.93. The maximum absolute atomic E-state index is 11.8. The molecule has 0 bridgehead atoms. The average molecular weight is 555 g/mol. The highest BCUT2D eigenvalue weighted by molar-refractivity contribution is 7.92. The number of rotatable bonds is 7. The lowest BCUT2D eigenvalue weighted by Crippen LogP contribution is -2.37. The Morgan fingerprint density at radius 2 is 1.90 bits per heavy atom. The van der Waals surface area contributed by atoms with E-state index in [-0.39, 0.29) is 12.1 Å². The molecule has 0 unspecified atom stereocenters. The summed E-state index contributed by atoms with van der Waals surface area (Å²) < 4.78 is 38.1. The van der Waals surface area contributed by atoms with Crippen molar-refractivity contribution < 1.29 is 17.9 Å². The molecule has 208 valence electrons. The monoisotopic (exact) mass is 554 g/mol. The number of aromatic nitrogens is 4. The van der Waals surface area contributed by atoms with Gasteiger partial charge >= 0.3 is 0 Å². The fourth-order valence-corrected chi connectivity index (χ4v) is 5.90. The van der Waals surface area contributed by atoms with E-state index in [2.05, 4.69) is 30.2 Å². The minimum Gasteiger partial charge on any atom is -0.474 e. The summed E-state index contributed by atoms with van der Waals surface area (Å²) >= 11 is 0. The molecule has 2 aliphatic heterocycles. The third kappa shape index (κ3) is 6.31. The SMILES string of the molecule is CS(=O)(=O)Nc1cnc2cc(N3CCOCC3)nc(OC3CCC(Nc4ncc5c(n4)CNCC5)CC3)c2c1. The van der Waals surface area contributed by atoms with Gasteiger partial charge in [0, 0.05) is 37.9 Å². The molecule has 3 N–H and O–H groups in total. The van der Waals surface area contributed by atoms with Crippen molar-refractivity contribution in [2.24, 2.45) is 0 Å². The van der Waals surface area contributed by atoms with Gasteiger partial charge in [-0.25, -0.2) is 18.4 Å². The van der Waals surface area contributed by atoms with Crippen LogP contribution >= 0.6 is 0 Å². The molecule has 0 amide bonds. The number of hydrogen-bond acceptors (Lipinski definition) is 11. The molecule has 5 heterocycles. The summed E-state index contributed by atoms with van der Waals surface area (Å²) in [6.45, 7) is 4.52. The Morgan fingerprint density at radius 1 is 1.08 bits per heavy atom. The molecule has 1 aliphatic carbocycles. The van der Waals surface area contributed by atoms with E-state index in [4.69, 9.17) is 19.4 Å². The fourth-order valence-electron chi connectivity index (χ4n) is 5.36. The van der Waals surface area contributed by atoms with Crippen LogP contribution in [-0.2, 0) is 27.7 Å². The van der Waals surface area contributed by atoms with Crippen molar-refractivity contribution in [3.63, 3.8) is 0 Å². The lowest BCUT2D eigenvalue weighted by molar-refractivity contribution is 0.122. The van der Waals surface area contributed by atoms with E-state index < -0.39 is 10.0 Å². The van der Waals surface area contributed by atoms with E-state index in [0.717, 1.165) is 76.1 Å². The third-order valence-electron chi connectivity index (χ3n) is 7.37. The molecule has 3 aromatic rings. The Hall–Kier alpha value is -3.29. The maximum atomic E-state index is 11.8. The minimum absolute atomic E-state index is 0.0149. The molecular weight excluding hydrogens is 520 g/mol. The van der Waals surface area contributed by atoms with Gasteiger partial charge in [0.05, 0.1) is 48.0 Å². The van der Waals surface area contributed by atoms with Crippen LogP contribution < -0.4 is 25.0 Å². The van der Waals surface area contributed by atoms with Crippen LogP contribution in [0.5, 0.6) is 5.88 Å². The van der Waals surface area contributed by atoms with Gasteiger partial charge in [0.2, 0.25) is 21.9 Å². The summed E-state index contributed by atoms with van der Waals surface area (Å²) in [7, 11) is -3.44. The normalized spacial score (nSPS) is 21.8. The van der Waals surface area contributed by atoms with Gasteiger partial charge in [-0.2, -0.15) is 4.98 Å². The standard InChI is InChI=1S/C26H34N8O4S/c1-39(35,36)33-19-12-21-22(28-15-19)13-24(34-8-10-37-11-9-34)32-25(21)38-20-4-2-18(3-5-20)30-26-29-14-17-6-7-27-16-23(17)31-26/h12-15,18,20,27,33H,2-11,16H2,1H3,(H,29,30,31). The summed E-state index contributed by atoms with van der Waals surface area (Å²) in [5, 5.41) is 7.55. The number of anilines is 3. The second kappa shape index (κ2) is 11.1. The Labute approximate surface area is 228 Å². The zero-order valence-corrected chi connectivity index (χ0v) is 22.8. The largest absolute Gasteiger partial charge is 0.474 e. The molecule has 0 atom stereocenters. The van der Waals surface area contributed by atoms with Crippen LogP contribution in [0.4, 0.5) is 17.5 Å². The highest BCUT2D eigenvalue weighted by Crippen LogP contribution is 2.33. The molecule has 39 heavy (non-hydrogen) atoms. The zero-order valence-electron chi connectivity index (χ0n) is 22.0. The number of nitrogens with zero attached hydrogens (tertiary/aromatic N) is 5. The van der Waals surface area contributed by atoms with Gasteiger partial charge in [0.1, 0.15) is 11.9 Å². The van der Waals surface area contributed by atoms with Crippen molar-refractivity contribution in [2.45, 2.75) is 50.8 Å². The Bertz CT molecular complexity index is 1440. The molecule has 0 aromatic carbocycles. The summed E-state index contributed by atoms with van der Waals surface area (Å²) in [6, 6.07) is 3.94. The van der Waals surface area contributed by atoms with Gasteiger partial charge in [-0.05, 0) is 50.3 Å². The van der Waals surface area contributed by atoms with E-state index in [0.29, 0.717) is 41.6 Å². The van der Waals surface area contributed by atoms with E-state index in [1.54, 1.807) is 6.07 Å². The highest BCUT2D eigenvalue weighted by atomic mass is 32.2. The van der Waals surface area contributed by atoms with Gasteiger partial charge in [-0.15, -0.1) is 0 Å². The molecular formula is C26H34N8O4S. The third-order valence-corrected chi connectivity index (χ3v) is 7.98. The first-order valence-electron chi connectivity index (χ1n) is 13.5. The molecule has 3 aliphatic rings. The number of hydrogen-bond donors (Lipinski definition) is 3. The smallest absolute Gasteiger partial charge is 0.229 e. The Morgan fingerprint density at radius 3 is 2.69 bits per heavy atom. The number of sulfonamides is 1. The first kappa shape index (κ1) is 26.0. The van der Waals surface area contributed by atoms with Crippen LogP contribution in [0.1, 0.15) is 36.9 Å².